The highest BCUT2D eigenvalue weighted by molar-refractivity contribution is 5.34. The third kappa shape index (κ3) is 3.17. The van der Waals surface area contributed by atoms with E-state index in [-0.39, 0.29) is 0 Å². The highest BCUT2D eigenvalue weighted by Gasteiger charge is 2.16. The summed E-state index contributed by atoms with van der Waals surface area (Å²) in [6, 6.07) is 9.24. The summed E-state index contributed by atoms with van der Waals surface area (Å²) >= 11 is 0. The van der Waals surface area contributed by atoms with E-state index in [1.54, 1.807) is 0 Å². The summed E-state index contributed by atoms with van der Waals surface area (Å²) in [5.41, 5.74) is 5.32. The Bertz CT molecular complexity index is 606. The van der Waals surface area contributed by atoms with Gasteiger partial charge in [-0.2, -0.15) is 5.10 Å². The molecule has 0 bridgehead atoms. The van der Waals surface area contributed by atoms with Gasteiger partial charge in [0.15, 0.2) is 0 Å². The Labute approximate surface area is 126 Å². The molecule has 2 heterocycles. The van der Waals surface area contributed by atoms with Crippen LogP contribution in [0.25, 0.3) is 0 Å². The second-order valence-corrected chi connectivity index (χ2v) is 5.62. The van der Waals surface area contributed by atoms with Crippen LogP contribution in [0, 0.1) is 0 Å². The van der Waals surface area contributed by atoms with Crippen molar-refractivity contribution in [2.75, 3.05) is 6.54 Å². The molecule has 21 heavy (non-hydrogen) atoms. The van der Waals surface area contributed by atoms with Crippen molar-refractivity contribution in [1.82, 2.24) is 15.1 Å². The van der Waals surface area contributed by atoms with E-state index >= 15 is 0 Å². The minimum atomic E-state index is 0.385. The predicted octanol–water partition coefficient (Wildman–Crippen LogP) is 2.73. The molecular weight excluding hydrogens is 262 g/mol. The van der Waals surface area contributed by atoms with Crippen molar-refractivity contribution in [2.45, 2.75) is 39.0 Å². The number of nitrogens with one attached hydrogen (secondary N) is 1. The standard InChI is InChI=1S/C17H23N3O/c1-3-18-17(7-6-16-8-9-19-20(16)2)13-4-5-14-11-21-12-15(14)10-13/h4-5,8-10,17-18H,3,6-7,11-12H2,1-2H3. The van der Waals surface area contributed by atoms with Gasteiger partial charge >= 0.3 is 0 Å². The van der Waals surface area contributed by atoms with E-state index in [1.165, 1.54) is 22.4 Å². The zero-order chi connectivity index (χ0) is 14.7. The Kier molecular flexibility index (Phi) is 4.36. The molecule has 4 heteroatoms. The molecule has 0 saturated heterocycles. The average Bonchev–Trinajstić information content (AvgIpc) is 3.11. The van der Waals surface area contributed by atoms with E-state index in [9.17, 15) is 0 Å². The molecule has 112 valence electrons. The van der Waals surface area contributed by atoms with Gasteiger partial charge < -0.3 is 10.1 Å². The van der Waals surface area contributed by atoms with Crippen molar-refractivity contribution < 1.29 is 4.74 Å². The van der Waals surface area contributed by atoms with Crippen LogP contribution in [0.3, 0.4) is 0 Å². The lowest BCUT2D eigenvalue weighted by Crippen LogP contribution is -2.22. The largest absolute Gasteiger partial charge is 0.372 e. The van der Waals surface area contributed by atoms with Gasteiger partial charge in [0.2, 0.25) is 0 Å². The van der Waals surface area contributed by atoms with Gasteiger partial charge in [0, 0.05) is 25.0 Å². The molecule has 3 rings (SSSR count). The number of aryl methyl sites for hydroxylation is 2. The molecule has 1 atom stereocenters. The number of fused-ring (bicyclic) bond motifs is 1. The fourth-order valence-corrected chi connectivity index (χ4v) is 2.98. The zero-order valence-corrected chi connectivity index (χ0v) is 12.8. The van der Waals surface area contributed by atoms with Crippen molar-refractivity contribution in [3.8, 4) is 0 Å². The summed E-state index contributed by atoms with van der Waals surface area (Å²) < 4.78 is 7.47. The first-order valence-electron chi connectivity index (χ1n) is 7.67. The Morgan fingerprint density at radius 1 is 1.29 bits per heavy atom. The summed E-state index contributed by atoms with van der Waals surface area (Å²) in [5, 5.41) is 7.84. The minimum absolute atomic E-state index is 0.385. The normalized spacial score (nSPS) is 15.1. The fraction of sp³-hybridized carbons (Fsp3) is 0.471. The van der Waals surface area contributed by atoms with Crippen LogP contribution < -0.4 is 5.32 Å². The van der Waals surface area contributed by atoms with E-state index in [0.717, 1.165) is 32.6 Å². The lowest BCUT2D eigenvalue weighted by Gasteiger charge is -2.19. The van der Waals surface area contributed by atoms with Gasteiger partial charge in [-0.25, -0.2) is 0 Å². The third-order valence-corrected chi connectivity index (χ3v) is 4.21. The summed E-state index contributed by atoms with van der Waals surface area (Å²) in [6.07, 6.45) is 3.97. The lowest BCUT2D eigenvalue weighted by atomic mass is 9.97. The van der Waals surface area contributed by atoms with Crippen LogP contribution in [0.5, 0.6) is 0 Å². The first-order valence-corrected chi connectivity index (χ1v) is 7.67. The van der Waals surface area contributed by atoms with Crippen LogP contribution in [0.4, 0.5) is 0 Å². The molecule has 0 spiro atoms. The first-order chi connectivity index (χ1) is 10.3. The molecule has 0 fully saturated rings. The Morgan fingerprint density at radius 2 is 2.14 bits per heavy atom. The van der Waals surface area contributed by atoms with Crippen LogP contribution in [0.15, 0.2) is 30.5 Å². The van der Waals surface area contributed by atoms with E-state index in [0.29, 0.717) is 6.04 Å². The Hall–Kier alpha value is -1.65. The predicted molar refractivity (Wildman–Crippen MR) is 82.9 cm³/mol. The Morgan fingerprint density at radius 3 is 2.90 bits per heavy atom. The average molecular weight is 285 g/mol. The van der Waals surface area contributed by atoms with E-state index < -0.39 is 0 Å². The number of rotatable bonds is 6. The van der Waals surface area contributed by atoms with Gasteiger partial charge in [0.25, 0.3) is 0 Å². The number of aromatic nitrogens is 2. The van der Waals surface area contributed by atoms with Crippen molar-refractivity contribution >= 4 is 0 Å². The monoisotopic (exact) mass is 285 g/mol. The molecule has 4 nitrogen and oxygen atoms in total. The molecule has 0 saturated carbocycles. The van der Waals surface area contributed by atoms with E-state index in [4.69, 9.17) is 4.74 Å². The van der Waals surface area contributed by atoms with Crippen molar-refractivity contribution in [1.29, 1.82) is 0 Å². The SMILES string of the molecule is CCNC(CCc1ccnn1C)c1ccc2c(c1)COC2. The fourth-order valence-electron chi connectivity index (χ4n) is 2.98. The summed E-state index contributed by atoms with van der Waals surface area (Å²) in [6.45, 7) is 4.65. The highest BCUT2D eigenvalue weighted by Crippen LogP contribution is 2.26. The van der Waals surface area contributed by atoms with Crippen LogP contribution in [-0.2, 0) is 31.4 Å². The second-order valence-electron chi connectivity index (χ2n) is 5.62. The number of hydrogen-bond acceptors (Lipinski definition) is 3. The second kappa shape index (κ2) is 6.41. The highest BCUT2D eigenvalue weighted by atomic mass is 16.5. The van der Waals surface area contributed by atoms with Gasteiger partial charge in [0.05, 0.1) is 13.2 Å². The summed E-state index contributed by atoms with van der Waals surface area (Å²) in [4.78, 5) is 0. The van der Waals surface area contributed by atoms with Gasteiger partial charge in [-0.15, -0.1) is 0 Å². The first kappa shape index (κ1) is 14.3. The summed E-state index contributed by atoms with van der Waals surface area (Å²) in [5.74, 6) is 0. The van der Waals surface area contributed by atoms with E-state index in [1.807, 2.05) is 17.9 Å². The number of nitrogens with zero attached hydrogens (tertiary/aromatic N) is 2. The van der Waals surface area contributed by atoms with Crippen molar-refractivity contribution in [2.24, 2.45) is 7.05 Å². The maximum atomic E-state index is 5.51. The van der Waals surface area contributed by atoms with Crippen LogP contribution >= 0.6 is 0 Å². The van der Waals surface area contributed by atoms with Gasteiger partial charge in [0.1, 0.15) is 0 Å². The molecule has 1 N–H and O–H groups in total. The molecule has 1 unspecified atom stereocenters. The van der Waals surface area contributed by atoms with E-state index in [2.05, 4.69) is 41.6 Å². The molecule has 0 radical (unpaired) electrons. The molecule has 2 aromatic rings. The smallest absolute Gasteiger partial charge is 0.0725 e. The molecule has 1 aromatic carbocycles. The molecular formula is C17H23N3O. The van der Waals surface area contributed by atoms with Gasteiger partial charge in [-0.3, -0.25) is 4.68 Å². The third-order valence-electron chi connectivity index (χ3n) is 4.21. The molecule has 1 aliphatic heterocycles. The molecule has 1 aliphatic rings. The summed E-state index contributed by atoms with van der Waals surface area (Å²) in [7, 11) is 2.00. The number of hydrogen-bond donors (Lipinski definition) is 1. The number of ether oxygens (including phenoxy) is 1. The van der Waals surface area contributed by atoms with Crippen LogP contribution in [0.1, 0.15) is 41.8 Å². The number of benzene rings is 1. The zero-order valence-electron chi connectivity index (χ0n) is 12.8. The minimum Gasteiger partial charge on any atom is -0.372 e. The van der Waals surface area contributed by atoms with Gasteiger partial charge in [-0.1, -0.05) is 25.1 Å². The Balaban J connectivity index is 1.73. The maximum Gasteiger partial charge on any atom is 0.0725 e. The van der Waals surface area contributed by atoms with Gasteiger partial charge in [-0.05, 0) is 42.1 Å². The topological polar surface area (TPSA) is 39.1 Å². The molecule has 0 amide bonds. The van der Waals surface area contributed by atoms with Crippen molar-refractivity contribution in [3.63, 3.8) is 0 Å². The van der Waals surface area contributed by atoms with Crippen LogP contribution in [0.2, 0.25) is 0 Å². The molecule has 1 aromatic heterocycles. The van der Waals surface area contributed by atoms with Crippen LogP contribution in [-0.4, -0.2) is 16.3 Å². The molecule has 0 aliphatic carbocycles. The maximum absolute atomic E-state index is 5.51. The lowest BCUT2D eigenvalue weighted by molar-refractivity contribution is 0.134. The van der Waals surface area contributed by atoms with Crippen molar-refractivity contribution in [3.05, 3.63) is 52.8 Å². The quantitative estimate of drug-likeness (QED) is 0.887.